The van der Waals surface area contributed by atoms with Gasteiger partial charge in [-0.05, 0) is 30.9 Å². The zero-order chi connectivity index (χ0) is 15.2. The van der Waals surface area contributed by atoms with E-state index in [2.05, 4.69) is 54.9 Å². The van der Waals surface area contributed by atoms with Crippen LogP contribution in [-0.2, 0) is 0 Å². The highest BCUT2D eigenvalue weighted by atomic mass is 79.9. The normalized spacial score (nSPS) is 11.1. The van der Waals surface area contributed by atoms with Gasteiger partial charge in [0.15, 0.2) is 0 Å². The number of halogens is 1. The molecule has 0 aliphatic carbocycles. The molecule has 2 rings (SSSR count). The van der Waals surface area contributed by atoms with Gasteiger partial charge in [0.1, 0.15) is 11.5 Å². The molecule has 0 heterocycles. The Balaban J connectivity index is 2.38. The van der Waals surface area contributed by atoms with Gasteiger partial charge in [-0.3, -0.25) is 0 Å². The molecule has 0 saturated heterocycles. The molecule has 0 aromatic heterocycles. The number of alkyl halides is 1. The second kappa shape index (κ2) is 7.69. The zero-order valence-corrected chi connectivity index (χ0v) is 14.6. The third-order valence-corrected chi connectivity index (χ3v) is 3.80. The van der Waals surface area contributed by atoms with Crippen molar-refractivity contribution in [2.75, 3.05) is 18.5 Å². The van der Waals surface area contributed by atoms with E-state index < -0.39 is 0 Å². The molecule has 0 aliphatic rings. The van der Waals surface area contributed by atoms with Crippen molar-refractivity contribution in [3.05, 3.63) is 35.9 Å². The Kier molecular flexibility index (Phi) is 5.92. The first-order chi connectivity index (χ1) is 10.1. The molecule has 114 valence electrons. The second-order valence-corrected chi connectivity index (χ2v) is 6.46. The van der Waals surface area contributed by atoms with Gasteiger partial charge < -0.3 is 9.47 Å². The van der Waals surface area contributed by atoms with Gasteiger partial charge in [-0.15, -0.1) is 0 Å². The summed E-state index contributed by atoms with van der Waals surface area (Å²) in [5.74, 6) is 2.44. The van der Waals surface area contributed by atoms with Crippen LogP contribution >= 0.6 is 15.9 Å². The van der Waals surface area contributed by atoms with E-state index in [0.717, 1.165) is 52.8 Å². The summed E-state index contributed by atoms with van der Waals surface area (Å²) in [7, 11) is 0. The second-order valence-electron chi connectivity index (χ2n) is 5.66. The topological polar surface area (TPSA) is 18.5 Å². The predicted molar refractivity (Wildman–Crippen MR) is 92.9 cm³/mol. The number of rotatable bonds is 7. The quantitative estimate of drug-likeness (QED) is 0.495. The predicted octanol–water partition coefficient (Wildman–Crippen LogP) is 5.35. The van der Waals surface area contributed by atoms with Crippen LogP contribution in [0.5, 0.6) is 11.5 Å². The third kappa shape index (κ3) is 4.13. The van der Waals surface area contributed by atoms with Crippen molar-refractivity contribution in [1.29, 1.82) is 0 Å². The molecule has 0 N–H and O–H groups in total. The van der Waals surface area contributed by atoms with Crippen LogP contribution in [0.15, 0.2) is 30.3 Å². The van der Waals surface area contributed by atoms with Crippen molar-refractivity contribution in [3.8, 4) is 11.5 Å². The summed E-state index contributed by atoms with van der Waals surface area (Å²) >= 11 is 3.43. The van der Waals surface area contributed by atoms with E-state index in [1.54, 1.807) is 0 Å². The Morgan fingerprint density at radius 2 is 1.81 bits per heavy atom. The van der Waals surface area contributed by atoms with Crippen molar-refractivity contribution in [3.63, 3.8) is 0 Å². The number of hydrogen-bond donors (Lipinski definition) is 0. The average Bonchev–Trinajstić information content (AvgIpc) is 2.46. The highest BCUT2D eigenvalue weighted by Gasteiger charge is 2.12. The fraction of sp³-hybridized carbons (Fsp3) is 0.444. The highest BCUT2D eigenvalue weighted by molar-refractivity contribution is 9.09. The number of aryl methyl sites for hydroxylation is 1. The summed E-state index contributed by atoms with van der Waals surface area (Å²) in [6.07, 6.45) is 0.999. The van der Waals surface area contributed by atoms with Crippen LogP contribution in [0, 0.1) is 12.8 Å². The van der Waals surface area contributed by atoms with Crippen LogP contribution in [0.4, 0.5) is 0 Å². The summed E-state index contributed by atoms with van der Waals surface area (Å²) < 4.78 is 12.0. The number of hydrogen-bond acceptors (Lipinski definition) is 2. The molecule has 0 spiro atoms. The number of benzene rings is 2. The van der Waals surface area contributed by atoms with Crippen LogP contribution in [0.25, 0.3) is 10.8 Å². The molecule has 0 aliphatic heterocycles. The van der Waals surface area contributed by atoms with E-state index in [9.17, 15) is 0 Å². The summed E-state index contributed by atoms with van der Waals surface area (Å²) in [5, 5.41) is 3.21. The van der Waals surface area contributed by atoms with E-state index in [-0.39, 0.29) is 0 Å². The van der Waals surface area contributed by atoms with Crippen molar-refractivity contribution < 1.29 is 9.47 Å². The van der Waals surface area contributed by atoms with Crippen LogP contribution in [0.2, 0.25) is 0 Å². The lowest BCUT2D eigenvalue weighted by Gasteiger charge is -2.17. The molecule has 0 unspecified atom stereocenters. The molecule has 21 heavy (non-hydrogen) atoms. The molecule has 2 aromatic rings. The third-order valence-electron chi connectivity index (χ3n) is 3.24. The first-order valence-corrected chi connectivity index (χ1v) is 8.59. The molecular weight excluding hydrogens is 328 g/mol. The van der Waals surface area contributed by atoms with E-state index in [0.29, 0.717) is 5.92 Å². The van der Waals surface area contributed by atoms with Gasteiger partial charge in [-0.1, -0.05) is 54.0 Å². The largest absolute Gasteiger partial charge is 0.493 e. The summed E-state index contributed by atoms with van der Waals surface area (Å²) in [6.45, 7) is 7.86. The van der Waals surface area contributed by atoms with Crippen molar-refractivity contribution in [2.45, 2.75) is 27.2 Å². The van der Waals surface area contributed by atoms with Crippen LogP contribution in [0.3, 0.4) is 0 Å². The van der Waals surface area contributed by atoms with Gasteiger partial charge in [-0.2, -0.15) is 0 Å². The van der Waals surface area contributed by atoms with Crippen LogP contribution in [-0.4, -0.2) is 18.5 Å². The summed E-state index contributed by atoms with van der Waals surface area (Å²) in [4.78, 5) is 0. The highest BCUT2D eigenvalue weighted by Crippen LogP contribution is 2.36. The van der Waals surface area contributed by atoms with E-state index in [4.69, 9.17) is 9.47 Å². The molecule has 0 amide bonds. The Bertz CT molecular complexity index is 593. The van der Waals surface area contributed by atoms with E-state index in [1.807, 2.05) is 12.1 Å². The minimum Gasteiger partial charge on any atom is -0.493 e. The fourth-order valence-corrected chi connectivity index (χ4v) is 2.47. The number of ether oxygens (including phenoxy) is 2. The van der Waals surface area contributed by atoms with Gasteiger partial charge in [0.25, 0.3) is 0 Å². The molecule has 3 heteroatoms. The lowest BCUT2D eigenvalue weighted by atomic mass is 10.0. The first kappa shape index (κ1) is 16.2. The molecule has 0 atom stereocenters. The SMILES string of the molecule is Cc1cc(OCCCBr)c2ccccc2c1OCC(C)C. The van der Waals surface area contributed by atoms with Gasteiger partial charge in [0.05, 0.1) is 13.2 Å². The Labute approximate surface area is 135 Å². The average molecular weight is 351 g/mol. The minimum atomic E-state index is 0.512. The summed E-state index contributed by atoms with van der Waals surface area (Å²) in [6, 6.07) is 10.4. The van der Waals surface area contributed by atoms with Crippen molar-refractivity contribution >= 4 is 26.7 Å². The maximum absolute atomic E-state index is 6.03. The van der Waals surface area contributed by atoms with E-state index in [1.165, 1.54) is 0 Å². The summed E-state index contributed by atoms with van der Waals surface area (Å²) in [5.41, 5.74) is 1.13. The molecular formula is C18H23BrO2. The monoisotopic (exact) mass is 350 g/mol. The lowest BCUT2D eigenvalue weighted by Crippen LogP contribution is -2.06. The standard InChI is InChI=1S/C18H23BrO2/c1-13(2)12-21-18-14(3)11-17(20-10-6-9-19)15-7-4-5-8-16(15)18/h4-5,7-8,11,13H,6,9-10,12H2,1-3H3. The minimum absolute atomic E-state index is 0.512. The van der Waals surface area contributed by atoms with Gasteiger partial charge in [0.2, 0.25) is 0 Å². The maximum atomic E-state index is 6.03. The molecule has 2 nitrogen and oxygen atoms in total. The molecule has 2 aromatic carbocycles. The Morgan fingerprint density at radius 1 is 1.10 bits per heavy atom. The molecule has 0 radical (unpaired) electrons. The molecule has 0 bridgehead atoms. The van der Waals surface area contributed by atoms with Gasteiger partial charge in [0, 0.05) is 16.1 Å². The molecule has 0 saturated carbocycles. The van der Waals surface area contributed by atoms with Crippen molar-refractivity contribution in [1.82, 2.24) is 0 Å². The first-order valence-electron chi connectivity index (χ1n) is 7.47. The fourth-order valence-electron chi connectivity index (χ4n) is 2.25. The Hall–Kier alpha value is -1.22. The van der Waals surface area contributed by atoms with Crippen LogP contribution in [0.1, 0.15) is 25.8 Å². The van der Waals surface area contributed by atoms with Gasteiger partial charge >= 0.3 is 0 Å². The lowest BCUT2D eigenvalue weighted by molar-refractivity contribution is 0.271. The van der Waals surface area contributed by atoms with Crippen molar-refractivity contribution in [2.24, 2.45) is 5.92 Å². The zero-order valence-electron chi connectivity index (χ0n) is 13.0. The van der Waals surface area contributed by atoms with Crippen LogP contribution < -0.4 is 9.47 Å². The smallest absolute Gasteiger partial charge is 0.130 e. The van der Waals surface area contributed by atoms with E-state index >= 15 is 0 Å². The molecule has 0 fully saturated rings. The number of fused-ring (bicyclic) bond motifs is 1. The Morgan fingerprint density at radius 3 is 2.48 bits per heavy atom. The maximum Gasteiger partial charge on any atom is 0.130 e. The van der Waals surface area contributed by atoms with Gasteiger partial charge in [-0.25, -0.2) is 0 Å².